The molecule has 0 aliphatic heterocycles. The topological polar surface area (TPSA) is 61.9 Å². The molecule has 1 aliphatic carbocycles. The number of rotatable bonds is 5. The Morgan fingerprint density at radius 2 is 1.96 bits per heavy atom. The van der Waals surface area contributed by atoms with Crippen molar-refractivity contribution in [3.8, 4) is 6.01 Å². The normalized spacial score (nSPS) is 15.0. The molecule has 4 rings (SSSR count). The number of hydrogen-bond donors (Lipinski definition) is 0. The maximum atomic E-state index is 13.2. The van der Waals surface area contributed by atoms with Crippen molar-refractivity contribution in [2.75, 3.05) is 6.61 Å². The van der Waals surface area contributed by atoms with E-state index >= 15 is 0 Å². The highest BCUT2D eigenvalue weighted by molar-refractivity contribution is 9.10. The van der Waals surface area contributed by atoms with Gasteiger partial charge in [0.2, 0.25) is 0 Å². The third-order valence-corrected chi connectivity index (χ3v) is 5.43. The van der Waals surface area contributed by atoms with Gasteiger partial charge in [0.1, 0.15) is 5.52 Å². The predicted molar refractivity (Wildman–Crippen MR) is 104 cm³/mol. The average Bonchev–Trinajstić information content (AvgIpc) is 3.24. The van der Waals surface area contributed by atoms with Crippen LogP contribution in [-0.2, 0) is 6.54 Å². The number of nitrogens with zero attached hydrogens (tertiary/aromatic N) is 4. The molecule has 1 saturated carbocycles. The Kier molecular flexibility index (Phi) is 4.80. The van der Waals surface area contributed by atoms with Gasteiger partial charge in [-0.25, -0.2) is 9.78 Å². The van der Waals surface area contributed by atoms with Crippen molar-refractivity contribution in [3.63, 3.8) is 0 Å². The van der Waals surface area contributed by atoms with E-state index in [1.807, 2.05) is 35.8 Å². The molecular weight excluding hydrogens is 396 g/mol. The molecule has 0 spiro atoms. The lowest BCUT2D eigenvalue weighted by Crippen LogP contribution is -2.27. The zero-order chi connectivity index (χ0) is 18.1. The summed E-state index contributed by atoms with van der Waals surface area (Å²) >= 11 is 3.45. The lowest BCUT2D eigenvalue weighted by atomic mass is 10.2. The van der Waals surface area contributed by atoms with Crippen LogP contribution in [-0.4, -0.2) is 25.7 Å². The van der Waals surface area contributed by atoms with Crippen LogP contribution >= 0.6 is 15.9 Å². The zero-order valence-electron chi connectivity index (χ0n) is 14.7. The van der Waals surface area contributed by atoms with Crippen LogP contribution in [0.4, 0.5) is 0 Å². The van der Waals surface area contributed by atoms with Gasteiger partial charge in [0.25, 0.3) is 0 Å². The van der Waals surface area contributed by atoms with Crippen molar-refractivity contribution in [2.24, 2.45) is 0 Å². The van der Waals surface area contributed by atoms with Crippen LogP contribution in [0.1, 0.15) is 44.2 Å². The molecule has 136 valence electrons. The number of benzene rings is 1. The summed E-state index contributed by atoms with van der Waals surface area (Å²) in [4.78, 5) is 22.0. The molecule has 7 heteroatoms. The molecular formula is C19H21BrN4O2. The quantitative estimate of drug-likeness (QED) is 0.632. The maximum Gasteiger partial charge on any atom is 0.330 e. The van der Waals surface area contributed by atoms with Crippen molar-refractivity contribution in [3.05, 3.63) is 51.0 Å². The van der Waals surface area contributed by atoms with Crippen LogP contribution in [0.15, 0.2) is 39.7 Å². The Labute approximate surface area is 160 Å². The molecule has 1 aromatic carbocycles. The highest BCUT2D eigenvalue weighted by atomic mass is 79.9. The summed E-state index contributed by atoms with van der Waals surface area (Å²) in [5.74, 6) is 0. The first-order valence-corrected chi connectivity index (χ1v) is 9.81. The number of imidazole rings is 1. The molecule has 26 heavy (non-hydrogen) atoms. The van der Waals surface area contributed by atoms with Crippen molar-refractivity contribution in [2.45, 2.75) is 45.2 Å². The molecule has 6 nitrogen and oxygen atoms in total. The van der Waals surface area contributed by atoms with Crippen LogP contribution in [0.5, 0.6) is 6.01 Å². The maximum absolute atomic E-state index is 13.2. The summed E-state index contributed by atoms with van der Waals surface area (Å²) in [5, 5.41) is 0. The van der Waals surface area contributed by atoms with Gasteiger partial charge in [-0.15, -0.1) is 0 Å². The fraction of sp³-hybridized carbons (Fsp3) is 0.421. The van der Waals surface area contributed by atoms with Gasteiger partial charge in [-0.3, -0.25) is 9.13 Å². The van der Waals surface area contributed by atoms with Gasteiger partial charge in [-0.2, -0.15) is 4.98 Å². The molecule has 1 fully saturated rings. The lowest BCUT2D eigenvalue weighted by molar-refractivity contribution is 0.313. The third-order valence-electron chi connectivity index (χ3n) is 4.90. The van der Waals surface area contributed by atoms with Gasteiger partial charge in [0.15, 0.2) is 5.65 Å². The van der Waals surface area contributed by atoms with Gasteiger partial charge in [-0.05, 0) is 37.5 Å². The minimum atomic E-state index is -0.0160. The second-order valence-corrected chi connectivity index (χ2v) is 7.51. The van der Waals surface area contributed by atoms with Crippen molar-refractivity contribution < 1.29 is 4.74 Å². The van der Waals surface area contributed by atoms with Gasteiger partial charge in [-0.1, -0.05) is 40.9 Å². The summed E-state index contributed by atoms with van der Waals surface area (Å²) in [5.41, 5.74) is 2.47. The molecule has 0 radical (unpaired) electrons. The van der Waals surface area contributed by atoms with E-state index in [0.717, 1.165) is 41.2 Å². The van der Waals surface area contributed by atoms with Crippen molar-refractivity contribution in [1.29, 1.82) is 0 Å². The minimum absolute atomic E-state index is 0.0160. The SMILES string of the molecule is CCOc1ncc2c(n1)n(Cc1ccc(Br)cc1)c(=O)n2C1CCCC1. The second kappa shape index (κ2) is 7.23. The Bertz CT molecular complexity index is 972. The van der Waals surface area contributed by atoms with E-state index in [9.17, 15) is 4.79 Å². The lowest BCUT2D eigenvalue weighted by Gasteiger charge is -2.10. The van der Waals surface area contributed by atoms with Gasteiger partial charge < -0.3 is 4.74 Å². The van der Waals surface area contributed by atoms with E-state index in [1.54, 1.807) is 10.8 Å². The highest BCUT2D eigenvalue weighted by Crippen LogP contribution is 2.31. The summed E-state index contributed by atoms with van der Waals surface area (Å²) < 4.78 is 10.1. The smallest absolute Gasteiger partial charge is 0.330 e. The molecule has 0 saturated heterocycles. The summed E-state index contributed by atoms with van der Waals surface area (Å²) in [6, 6.07) is 8.54. The molecule has 0 N–H and O–H groups in total. The van der Waals surface area contributed by atoms with E-state index < -0.39 is 0 Å². The summed E-state index contributed by atoms with van der Waals surface area (Å²) in [6.07, 6.45) is 6.11. The van der Waals surface area contributed by atoms with Crippen LogP contribution < -0.4 is 10.4 Å². The molecule has 0 amide bonds. The van der Waals surface area contributed by atoms with Crippen LogP contribution in [0.25, 0.3) is 11.2 Å². The largest absolute Gasteiger partial charge is 0.464 e. The Morgan fingerprint density at radius 3 is 2.65 bits per heavy atom. The molecule has 3 aromatic rings. The molecule has 2 aromatic heterocycles. The van der Waals surface area contributed by atoms with Crippen LogP contribution in [0, 0.1) is 0 Å². The van der Waals surface area contributed by atoms with Crippen LogP contribution in [0.2, 0.25) is 0 Å². The molecule has 0 bridgehead atoms. The third kappa shape index (κ3) is 3.16. The van der Waals surface area contributed by atoms with E-state index in [0.29, 0.717) is 24.8 Å². The van der Waals surface area contributed by atoms with E-state index in [4.69, 9.17) is 4.74 Å². The number of fused-ring (bicyclic) bond motifs is 1. The van der Waals surface area contributed by atoms with Gasteiger partial charge in [0, 0.05) is 10.5 Å². The van der Waals surface area contributed by atoms with E-state index in [2.05, 4.69) is 25.9 Å². The van der Waals surface area contributed by atoms with E-state index in [-0.39, 0.29) is 11.7 Å². The van der Waals surface area contributed by atoms with Crippen molar-refractivity contribution in [1.82, 2.24) is 19.1 Å². The average molecular weight is 417 g/mol. The monoisotopic (exact) mass is 416 g/mol. The Balaban J connectivity index is 1.85. The number of hydrogen-bond acceptors (Lipinski definition) is 4. The first-order chi connectivity index (χ1) is 12.7. The number of ether oxygens (including phenoxy) is 1. The van der Waals surface area contributed by atoms with Crippen LogP contribution in [0.3, 0.4) is 0 Å². The van der Waals surface area contributed by atoms with Crippen molar-refractivity contribution >= 4 is 27.1 Å². The first-order valence-electron chi connectivity index (χ1n) is 9.02. The number of halogens is 1. The highest BCUT2D eigenvalue weighted by Gasteiger charge is 2.25. The molecule has 1 aliphatic rings. The summed E-state index contributed by atoms with van der Waals surface area (Å²) in [6.45, 7) is 2.86. The second-order valence-electron chi connectivity index (χ2n) is 6.60. The first kappa shape index (κ1) is 17.3. The Hall–Kier alpha value is -2.15. The Morgan fingerprint density at radius 1 is 1.23 bits per heavy atom. The molecule has 0 atom stereocenters. The number of aromatic nitrogens is 4. The molecule has 0 unspecified atom stereocenters. The zero-order valence-corrected chi connectivity index (χ0v) is 16.3. The van der Waals surface area contributed by atoms with Gasteiger partial charge >= 0.3 is 11.7 Å². The minimum Gasteiger partial charge on any atom is -0.464 e. The fourth-order valence-electron chi connectivity index (χ4n) is 3.67. The molecule has 2 heterocycles. The van der Waals surface area contributed by atoms with E-state index in [1.165, 1.54) is 0 Å². The fourth-order valence-corrected chi connectivity index (χ4v) is 3.94. The summed E-state index contributed by atoms with van der Waals surface area (Å²) in [7, 11) is 0. The van der Waals surface area contributed by atoms with Gasteiger partial charge in [0.05, 0.1) is 19.3 Å². The standard InChI is InChI=1S/C19H21BrN4O2/c1-2-26-18-21-11-16-17(22-18)23(12-13-7-9-14(20)10-8-13)19(25)24(16)15-5-3-4-6-15/h7-11,15H,2-6,12H2,1H3. The predicted octanol–water partition coefficient (Wildman–Crippen LogP) is 3.92.